The third kappa shape index (κ3) is 6.61. The van der Waals surface area contributed by atoms with E-state index in [1.165, 1.54) is 23.1 Å². The Morgan fingerprint density at radius 1 is 1.14 bits per heavy atom. The van der Waals surface area contributed by atoms with Crippen LogP contribution in [0.2, 0.25) is 0 Å². The van der Waals surface area contributed by atoms with E-state index in [2.05, 4.69) is 0 Å². The molecule has 1 aromatic carbocycles. The van der Waals surface area contributed by atoms with Crippen LogP contribution in [0, 0.1) is 0 Å². The summed E-state index contributed by atoms with van der Waals surface area (Å²) < 4.78 is 47.3. The monoisotopic (exact) mass is 431 g/mol. The quantitative estimate of drug-likeness (QED) is 0.668. The molecule has 28 heavy (non-hydrogen) atoms. The molecule has 0 bridgehead atoms. The minimum Gasteiger partial charge on any atom is -0.465 e. The first kappa shape index (κ1) is 22.4. The van der Waals surface area contributed by atoms with E-state index in [-0.39, 0.29) is 48.8 Å². The highest BCUT2D eigenvalue weighted by molar-refractivity contribution is 7.91. The fraction of sp³-hybridized carbons (Fsp3) is 0.500. The van der Waals surface area contributed by atoms with E-state index >= 15 is 0 Å². The molecule has 1 aromatic rings. The molecule has 1 fully saturated rings. The summed E-state index contributed by atoms with van der Waals surface area (Å²) >= 11 is 0. The molecule has 8 nitrogen and oxygen atoms in total. The smallest absolute Gasteiger partial charge is 0.407 e. The van der Waals surface area contributed by atoms with E-state index in [0.29, 0.717) is 5.56 Å². The van der Waals surface area contributed by atoms with Crippen LogP contribution < -0.4 is 0 Å². The Morgan fingerprint density at radius 3 is 2.21 bits per heavy atom. The third-order valence-corrected chi connectivity index (χ3v) is 7.47. The van der Waals surface area contributed by atoms with Gasteiger partial charge in [-0.1, -0.05) is 24.3 Å². The van der Waals surface area contributed by atoms with Gasteiger partial charge in [0.15, 0.2) is 19.7 Å². The molecule has 1 aliphatic rings. The number of carboxylic acid groups (broad SMARTS) is 1. The Labute approximate surface area is 165 Å². The molecule has 0 aromatic heterocycles. The van der Waals surface area contributed by atoms with Crippen molar-refractivity contribution in [1.29, 1.82) is 0 Å². The minimum absolute atomic E-state index is 0.0691. The molecule has 10 heteroatoms. The summed E-state index contributed by atoms with van der Waals surface area (Å²) in [7, 11) is -6.70. The SMILES string of the molecule is CS(=O)(=O)c1ccc(C=CCS(=O)(=O)CCC2(O)CCN(C(=O)O)CC2)cc1. The van der Waals surface area contributed by atoms with Gasteiger partial charge in [0, 0.05) is 19.3 Å². The molecule has 1 heterocycles. The number of hydrogen-bond donors (Lipinski definition) is 2. The number of nitrogens with zero attached hydrogens (tertiary/aromatic N) is 1. The van der Waals surface area contributed by atoms with Crippen LogP contribution in [0.4, 0.5) is 4.79 Å². The maximum absolute atomic E-state index is 12.2. The van der Waals surface area contributed by atoms with Crippen molar-refractivity contribution in [3.63, 3.8) is 0 Å². The summed E-state index contributed by atoms with van der Waals surface area (Å²) in [5, 5.41) is 19.4. The van der Waals surface area contributed by atoms with Gasteiger partial charge < -0.3 is 15.1 Å². The number of carbonyl (C=O) groups is 1. The summed E-state index contributed by atoms with van der Waals surface area (Å²) in [4.78, 5) is 12.3. The second-order valence-electron chi connectivity index (χ2n) is 7.10. The van der Waals surface area contributed by atoms with Gasteiger partial charge in [-0.15, -0.1) is 0 Å². The highest BCUT2D eigenvalue weighted by Gasteiger charge is 2.34. The standard InChI is InChI=1S/C18H25NO7S2/c1-27(23,24)16-6-4-15(5-7-16)3-2-13-28(25,26)14-10-18(22)8-11-19(12-9-18)17(20)21/h2-7,22H,8-14H2,1H3,(H,20,21). The molecule has 1 aliphatic heterocycles. The molecular formula is C18H25NO7S2. The number of rotatable bonds is 7. The molecule has 0 atom stereocenters. The molecular weight excluding hydrogens is 406 g/mol. The predicted octanol–water partition coefficient (Wildman–Crippen LogP) is 1.41. The number of piperidine rings is 1. The topological polar surface area (TPSA) is 129 Å². The number of hydrogen-bond acceptors (Lipinski definition) is 6. The van der Waals surface area contributed by atoms with Crippen LogP contribution in [0.5, 0.6) is 0 Å². The number of sulfone groups is 2. The van der Waals surface area contributed by atoms with Gasteiger partial charge in [-0.3, -0.25) is 0 Å². The molecule has 0 saturated carbocycles. The molecule has 0 aliphatic carbocycles. The fourth-order valence-corrected chi connectivity index (χ4v) is 4.83. The lowest BCUT2D eigenvalue weighted by molar-refractivity contribution is -0.0188. The van der Waals surface area contributed by atoms with Gasteiger partial charge in [0.2, 0.25) is 0 Å². The van der Waals surface area contributed by atoms with Crippen molar-refractivity contribution in [2.75, 3.05) is 30.9 Å². The van der Waals surface area contributed by atoms with Crippen molar-refractivity contribution < 1.29 is 31.8 Å². The van der Waals surface area contributed by atoms with Gasteiger partial charge in [-0.25, -0.2) is 21.6 Å². The first-order valence-electron chi connectivity index (χ1n) is 8.78. The summed E-state index contributed by atoms with van der Waals surface area (Å²) in [5.41, 5.74) is -0.480. The first-order chi connectivity index (χ1) is 12.9. The molecule has 0 radical (unpaired) electrons. The van der Waals surface area contributed by atoms with Crippen LogP contribution in [0.1, 0.15) is 24.8 Å². The fourth-order valence-electron chi connectivity index (χ4n) is 2.95. The second-order valence-corrected chi connectivity index (χ2v) is 11.3. The summed E-state index contributed by atoms with van der Waals surface area (Å²) in [6.45, 7) is 0.379. The van der Waals surface area contributed by atoms with E-state index in [0.717, 1.165) is 6.26 Å². The Balaban J connectivity index is 1.87. The van der Waals surface area contributed by atoms with Crippen molar-refractivity contribution in [2.45, 2.75) is 29.8 Å². The molecule has 2 rings (SSSR count). The maximum Gasteiger partial charge on any atom is 0.407 e. The van der Waals surface area contributed by atoms with Crippen LogP contribution >= 0.6 is 0 Å². The van der Waals surface area contributed by atoms with Gasteiger partial charge in [0.25, 0.3) is 0 Å². The molecule has 2 N–H and O–H groups in total. The normalized spacial score (nSPS) is 17.7. The lowest BCUT2D eigenvalue weighted by Gasteiger charge is -2.36. The molecule has 0 spiro atoms. The van der Waals surface area contributed by atoms with Crippen LogP contribution in [-0.4, -0.2) is 74.5 Å². The van der Waals surface area contributed by atoms with Crippen molar-refractivity contribution >= 4 is 31.8 Å². The van der Waals surface area contributed by atoms with E-state index < -0.39 is 31.4 Å². The maximum atomic E-state index is 12.2. The van der Waals surface area contributed by atoms with Crippen molar-refractivity contribution in [1.82, 2.24) is 4.90 Å². The minimum atomic E-state index is -3.42. The zero-order chi connectivity index (χ0) is 21.0. The van der Waals surface area contributed by atoms with Crippen LogP contribution in [-0.2, 0) is 19.7 Å². The van der Waals surface area contributed by atoms with E-state index in [1.807, 2.05) is 0 Å². The van der Waals surface area contributed by atoms with Crippen LogP contribution in [0.15, 0.2) is 35.2 Å². The summed E-state index contributed by atoms with van der Waals surface area (Å²) in [5.74, 6) is -0.383. The first-order valence-corrected chi connectivity index (χ1v) is 12.5. The number of amides is 1. The zero-order valence-electron chi connectivity index (χ0n) is 15.6. The summed E-state index contributed by atoms with van der Waals surface area (Å²) in [6, 6.07) is 6.11. The zero-order valence-corrected chi connectivity index (χ0v) is 17.2. The Morgan fingerprint density at radius 2 is 1.71 bits per heavy atom. The average molecular weight is 432 g/mol. The molecule has 156 valence electrons. The van der Waals surface area contributed by atoms with Gasteiger partial charge in [-0.2, -0.15) is 0 Å². The second kappa shape index (κ2) is 8.62. The summed E-state index contributed by atoms with van der Waals surface area (Å²) in [6.07, 6.45) is 3.67. The van der Waals surface area contributed by atoms with Crippen molar-refractivity contribution in [3.8, 4) is 0 Å². The Hall–Kier alpha value is -1.91. The molecule has 1 amide bonds. The Bertz CT molecular complexity index is 927. The van der Waals surface area contributed by atoms with Gasteiger partial charge >= 0.3 is 6.09 Å². The number of benzene rings is 1. The van der Waals surface area contributed by atoms with Gasteiger partial charge in [-0.05, 0) is 37.0 Å². The highest BCUT2D eigenvalue weighted by atomic mass is 32.2. The van der Waals surface area contributed by atoms with Crippen LogP contribution in [0.3, 0.4) is 0 Å². The van der Waals surface area contributed by atoms with Gasteiger partial charge in [0.05, 0.1) is 22.0 Å². The third-order valence-electron chi connectivity index (χ3n) is 4.81. The largest absolute Gasteiger partial charge is 0.465 e. The number of likely N-dealkylation sites (tertiary alicyclic amines) is 1. The van der Waals surface area contributed by atoms with Crippen LogP contribution in [0.25, 0.3) is 6.08 Å². The Kier molecular flexibility index (Phi) is 6.89. The van der Waals surface area contributed by atoms with E-state index in [4.69, 9.17) is 5.11 Å². The van der Waals surface area contributed by atoms with E-state index in [9.17, 15) is 26.7 Å². The molecule has 0 unspecified atom stereocenters. The van der Waals surface area contributed by atoms with Gasteiger partial charge in [0.1, 0.15) is 0 Å². The average Bonchev–Trinajstić information content (AvgIpc) is 2.60. The lowest BCUT2D eigenvalue weighted by Crippen LogP contribution is -2.47. The van der Waals surface area contributed by atoms with E-state index in [1.54, 1.807) is 18.2 Å². The molecule has 1 saturated heterocycles. The number of aliphatic hydroxyl groups is 1. The lowest BCUT2D eigenvalue weighted by atomic mass is 9.89. The van der Waals surface area contributed by atoms with Crippen molar-refractivity contribution in [3.05, 3.63) is 35.9 Å². The highest BCUT2D eigenvalue weighted by Crippen LogP contribution is 2.26. The van der Waals surface area contributed by atoms with Crippen molar-refractivity contribution in [2.24, 2.45) is 0 Å². The predicted molar refractivity (Wildman–Crippen MR) is 106 cm³/mol.